The number of hydrogen-bond acceptors (Lipinski definition) is 5. The molecular formula is C35H42ClN5O4. The lowest BCUT2D eigenvalue weighted by molar-refractivity contribution is -0.143. The molecule has 2 saturated heterocycles. The van der Waals surface area contributed by atoms with Crippen molar-refractivity contribution in [1.29, 1.82) is 0 Å². The van der Waals surface area contributed by atoms with Crippen molar-refractivity contribution in [2.75, 3.05) is 6.54 Å². The van der Waals surface area contributed by atoms with Crippen LogP contribution in [0.25, 0.3) is 0 Å². The molecule has 45 heavy (non-hydrogen) atoms. The Labute approximate surface area is 270 Å². The largest absolute Gasteiger partial charge is 0.352 e. The van der Waals surface area contributed by atoms with Crippen LogP contribution in [0, 0.1) is 5.92 Å². The lowest BCUT2D eigenvalue weighted by Crippen LogP contribution is -2.59. The lowest BCUT2D eigenvalue weighted by atomic mass is 9.92. The maximum Gasteiger partial charge on any atom is 0.251 e. The van der Waals surface area contributed by atoms with Gasteiger partial charge in [0, 0.05) is 24.1 Å². The summed E-state index contributed by atoms with van der Waals surface area (Å²) >= 11 is 0. The molecule has 0 bridgehead atoms. The van der Waals surface area contributed by atoms with E-state index in [9.17, 15) is 19.2 Å². The minimum absolute atomic E-state index is 0. The molecule has 0 spiro atoms. The lowest BCUT2D eigenvalue weighted by Gasteiger charge is -2.33. The molecule has 0 aromatic heterocycles. The molecule has 2 fully saturated rings. The fourth-order valence-corrected chi connectivity index (χ4v) is 6.34. The van der Waals surface area contributed by atoms with Gasteiger partial charge in [0.25, 0.3) is 5.91 Å². The Balaban J connectivity index is 0.00000461. The molecular weight excluding hydrogens is 590 g/mol. The number of hydrogen-bond donors (Lipinski definition) is 4. The summed E-state index contributed by atoms with van der Waals surface area (Å²) in [6, 6.07) is 25.5. The number of carbonyl (C=O) groups is 4. The Morgan fingerprint density at radius 3 is 1.98 bits per heavy atom. The molecule has 0 aliphatic carbocycles. The standard InChI is InChI=1S/C35H41N5O4.ClH/c1-2-28(36)33(42)39-31-26(22-37-32(41)25-16-10-5-11-17-25)18-19-27-20-21-29(40(27)35(31)44)34(43)38-30(23-12-6-3-7-13-23)24-14-8-4-9-15-24;/h3-17,26-31H,2,18-22,36H2,1H3,(H,37,41)(H,38,43)(H,39,42);1H/t26-,27+,28+,29+,31+;/m1./s1. The highest BCUT2D eigenvalue weighted by atomic mass is 35.5. The predicted molar refractivity (Wildman–Crippen MR) is 175 cm³/mol. The molecule has 0 saturated carbocycles. The van der Waals surface area contributed by atoms with E-state index >= 15 is 0 Å². The molecule has 2 aliphatic rings. The number of nitrogens with zero attached hydrogens (tertiary/aromatic N) is 1. The number of halogens is 1. The molecule has 5 N–H and O–H groups in total. The highest BCUT2D eigenvalue weighted by Crippen LogP contribution is 2.35. The molecule has 238 valence electrons. The van der Waals surface area contributed by atoms with Crippen molar-refractivity contribution in [3.63, 3.8) is 0 Å². The Hall–Kier alpha value is -4.21. The van der Waals surface area contributed by atoms with E-state index in [0.29, 0.717) is 37.7 Å². The number of benzene rings is 3. The van der Waals surface area contributed by atoms with Crippen molar-refractivity contribution in [3.05, 3.63) is 108 Å². The van der Waals surface area contributed by atoms with Gasteiger partial charge < -0.3 is 26.6 Å². The van der Waals surface area contributed by atoms with Gasteiger partial charge in [0.1, 0.15) is 12.1 Å². The minimum atomic E-state index is -0.923. The fraction of sp³-hybridized carbons (Fsp3) is 0.371. The van der Waals surface area contributed by atoms with Crippen molar-refractivity contribution < 1.29 is 19.2 Å². The summed E-state index contributed by atoms with van der Waals surface area (Å²) in [5.41, 5.74) is 8.44. The normalized spacial score (nSPS) is 21.6. The molecule has 3 aromatic rings. The van der Waals surface area contributed by atoms with Crippen molar-refractivity contribution in [1.82, 2.24) is 20.9 Å². The highest BCUT2D eigenvalue weighted by molar-refractivity contribution is 5.95. The minimum Gasteiger partial charge on any atom is -0.352 e. The monoisotopic (exact) mass is 631 g/mol. The Morgan fingerprint density at radius 2 is 1.40 bits per heavy atom. The highest BCUT2D eigenvalue weighted by Gasteiger charge is 2.48. The van der Waals surface area contributed by atoms with Crippen LogP contribution < -0.4 is 21.7 Å². The third-order valence-corrected chi connectivity index (χ3v) is 8.86. The Kier molecular flexibility index (Phi) is 11.7. The molecule has 5 rings (SSSR count). The van der Waals surface area contributed by atoms with Crippen LogP contribution in [0.1, 0.15) is 66.6 Å². The summed E-state index contributed by atoms with van der Waals surface area (Å²) in [6.45, 7) is 2.01. The van der Waals surface area contributed by atoms with E-state index in [4.69, 9.17) is 5.73 Å². The predicted octanol–water partition coefficient (Wildman–Crippen LogP) is 3.74. The van der Waals surface area contributed by atoms with Crippen LogP contribution in [0.4, 0.5) is 0 Å². The van der Waals surface area contributed by atoms with Crippen molar-refractivity contribution in [2.45, 2.75) is 69.2 Å². The SMILES string of the molecule is CC[C@H](N)C(=O)N[C@@H]1C(=O)N2[C@@H](CC[C@@H]1CNC(=O)c1ccccc1)CC[C@H]2C(=O)NC(c1ccccc1)c1ccccc1.Cl. The number of nitrogens with two attached hydrogens (primary N) is 1. The summed E-state index contributed by atoms with van der Waals surface area (Å²) in [7, 11) is 0. The molecule has 5 atom stereocenters. The smallest absolute Gasteiger partial charge is 0.251 e. The van der Waals surface area contributed by atoms with Gasteiger partial charge >= 0.3 is 0 Å². The number of fused-ring (bicyclic) bond motifs is 1. The first kappa shape index (κ1) is 33.7. The van der Waals surface area contributed by atoms with Gasteiger partial charge in [-0.25, -0.2) is 0 Å². The van der Waals surface area contributed by atoms with Crippen LogP contribution in [0.5, 0.6) is 0 Å². The van der Waals surface area contributed by atoms with Gasteiger partial charge in [-0.2, -0.15) is 0 Å². The van der Waals surface area contributed by atoms with Gasteiger partial charge in [0.05, 0.1) is 12.1 Å². The number of rotatable bonds is 10. The second kappa shape index (κ2) is 15.7. The van der Waals surface area contributed by atoms with E-state index in [1.165, 1.54) is 0 Å². The second-order valence-corrected chi connectivity index (χ2v) is 11.7. The first-order valence-electron chi connectivity index (χ1n) is 15.5. The van der Waals surface area contributed by atoms with Gasteiger partial charge in [-0.05, 0) is 55.4 Å². The van der Waals surface area contributed by atoms with Crippen LogP contribution in [-0.4, -0.2) is 59.2 Å². The molecule has 0 radical (unpaired) electrons. The zero-order valence-electron chi connectivity index (χ0n) is 25.4. The number of nitrogens with one attached hydrogen (secondary N) is 3. The van der Waals surface area contributed by atoms with Gasteiger partial charge in [0.15, 0.2) is 0 Å². The molecule has 4 amide bonds. The van der Waals surface area contributed by atoms with E-state index in [2.05, 4.69) is 16.0 Å². The second-order valence-electron chi connectivity index (χ2n) is 11.7. The molecule has 9 nitrogen and oxygen atoms in total. The first-order chi connectivity index (χ1) is 21.4. The molecule has 2 heterocycles. The van der Waals surface area contributed by atoms with Gasteiger partial charge in [-0.1, -0.05) is 85.8 Å². The summed E-state index contributed by atoms with van der Waals surface area (Å²) in [6.07, 6.45) is 2.89. The topological polar surface area (TPSA) is 134 Å². The van der Waals surface area contributed by atoms with Crippen molar-refractivity contribution >= 4 is 36.0 Å². The average Bonchev–Trinajstić information content (AvgIpc) is 3.45. The summed E-state index contributed by atoms with van der Waals surface area (Å²) in [5.74, 6) is -1.57. The number of carbonyl (C=O) groups excluding carboxylic acids is 4. The van der Waals surface area contributed by atoms with Crippen LogP contribution >= 0.6 is 12.4 Å². The maximum atomic E-state index is 14.3. The van der Waals surface area contributed by atoms with E-state index in [1.54, 1.807) is 29.2 Å². The van der Waals surface area contributed by atoms with Crippen LogP contribution in [0.3, 0.4) is 0 Å². The quantitative estimate of drug-likeness (QED) is 0.271. The average molecular weight is 632 g/mol. The molecule has 3 aromatic carbocycles. The fourth-order valence-electron chi connectivity index (χ4n) is 6.34. The summed E-state index contributed by atoms with van der Waals surface area (Å²) in [4.78, 5) is 55.8. The van der Waals surface area contributed by atoms with Crippen molar-refractivity contribution in [3.8, 4) is 0 Å². The zero-order chi connectivity index (χ0) is 31.1. The van der Waals surface area contributed by atoms with Gasteiger partial charge in [0.2, 0.25) is 17.7 Å². The van der Waals surface area contributed by atoms with E-state index < -0.39 is 24.0 Å². The van der Waals surface area contributed by atoms with E-state index in [1.807, 2.05) is 73.7 Å². The summed E-state index contributed by atoms with van der Waals surface area (Å²) in [5, 5.41) is 9.07. The first-order valence-corrected chi connectivity index (χ1v) is 15.5. The zero-order valence-corrected chi connectivity index (χ0v) is 26.2. The van der Waals surface area contributed by atoms with Crippen LogP contribution in [-0.2, 0) is 14.4 Å². The molecule has 2 aliphatic heterocycles. The van der Waals surface area contributed by atoms with Crippen molar-refractivity contribution in [2.24, 2.45) is 11.7 Å². The summed E-state index contributed by atoms with van der Waals surface area (Å²) < 4.78 is 0. The van der Waals surface area contributed by atoms with Gasteiger partial charge in [-0.15, -0.1) is 12.4 Å². The Morgan fingerprint density at radius 1 is 0.844 bits per heavy atom. The van der Waals surface area contributed by atoms with Gasteiger partial charge in [-0.3, -0.25) is 19.2 Å². The molecule has 0 unspecified atom stereocenters. The number of amides is 4. The third kappa shape index (κ3) is 7.90. The maximum absolute atomic E-state index is 14.3. The van der Waals surface area contributed by atoms with E-state index in [-0.39, 0.29) is 54.7 Å². The Bertz CT molecular complexity index is 1400. The molecule has 10 heteroatoms. The third-order valence-electron chi connectivity index (χ3n) is 8.86. The van der Waals surface area contributed by atoms with Crippen LogP contribution in [0.2, 0.25) is 0 Å². The van der Waals surface area contributed by atoms with Crippen LogP contribution in [0.15, 0.2) is 91.0 Å². The van der Waals surface area contributed by atoms with E-state index in [0.717, 1.165) is 11.1 Å².